The SMILES string of the molecule is CNc1ncc(Br)cc1S(=O)(=O)NCC(C)COC. The second-order valence-corrected chi connectivity index (χ2v) is 6.81. The number of hydrogen-bond donors (Lipinski definition) is 2. The Balaban J connectivity index is 2.91. The second-order valence-electron chi connectivity index (χ2n) is 4.16. The highest BCUT2D eigenvalue weighted by Crippen LogP contribution is 2.22. The van der Waals surface area contributed by atoms with Gasteiger partial charge in [0.05, 0.1) is 0 Å². The zero-order valence-electron chi connectivity index (χ0n) is 11.1. The zero-order valence-corrected chi connectivity index (χ0v) is 13.5. The smallest absolute Gasteiger partial charge is 0.244 e. The van der Waals surface area contributed by atoms with E-state index >= 15 is 0 Å². The minimum Gasteiger partial charge on any atom is -0.384 e. The van der Waals surface area contributed by atoms with E-state index in [0.717, 1.165) is 0 Å². The number of sulfonamides is 1. The number of nitrogens with zero attached hydrogens (tertiary/aromatic N) is 1. The van der Waals surface area contributed by atoms with Gasteiger partial charge in [-0.1, -0.05) is 6.92 Å². The normalized spacial score (nSPS) is 13.3. The Bertz CT molecular complexity index is 522. The molecular formula is C11H18BrN3O3S. The number of nitrogens with one attached hydrogen (secondary N) is 2. The molecule has 1 aromatic heterocycles. The Morgan fingerprint density at radius 2 is 2.21 bits per heavy atom. The third-order valence-corrected chi connectivity index (χ3v) is 4.29. The van der Waals surface area contributed by atoms with Gasteiger partial charge in [0.15, 0.2) is 0 Å². The summed E-state index contributed by atoms with van der Waals surface area (Å²) in [6.45, 7) is 2.72. The molecule has 0 aromatic carbocycles. The van der Waals surface area contributed by atoms with Crippen molar-refractivity contribution >= 4 is 31.8 Å². The van der Waals surface area contributed by atoms with Gasteiger partial charge in [0, 0.05) is 38.0 Å². The molecular weight excluding hydrogens is 334 g/mol. The molecule has 1 rings (SSSR count). The average molecular weight is 352 g/mol. The monoisotopic (exact) mass is 351 g/mol. The van der Waals surface area contributed by atoms with Gasteiger partial charge >= 0.3 is 0 Å². The Labute approximate surface area is 122 Å². The van der Waals surface area contributed by atoms with E-state index in [0.29, 0.717) is 23.4 Å². The van der Waals surface area contributed by atoms with Crippen LogP contribution in [0.25, 0.3) is 0 Å². The van der Waals surface area contributed by atoms with E-state index in [4.69, 9.17) is 4.74 Å². The van der Waals surface area contributed by atoms with Crippen LogP contribution in [0.5, 0.6) is 0 Å². The van der Waals surface area contributed by atoms with Crippen LogP contribution >= 0.6 is 15.9 Å². The first-order chi connectivity index (χ1) is 8.90. The van der Waals surface area contributed by atoms with Crippen LogP contribution in [0.4, 0.5) is 5.82 Å². The molecule has 0 bridgehead atoms. The quantitative estimate of drug-likeness (QED) is 0.776. The van der Waals surface area contributed by atoms with E-state index in [1.54, 1.807) is 20.4 Å². The van der Waals surface area contributed by atoms with Gasteiger partial charge in [0.25, 0.3) is 0 Å². The van der Waals surface area contributed by atoms with Crippen molar-refractivity contribution in [2.75, 3.05) is 32.6 Å². The van der Waals surface area contributed by atoms with E-state index in [-0.39, 0.29) is 10.8 Å². The van der Waals surface area contributed by atoms with Crippen molar-refractivity contribution in [1.29, 1.82) is 0 Å². The predicted octanol–water partition coefficient (Wildman–Crippen LogP) is 1.45. The maximum Gasteiger partial charge on any atom is 0.244 e. The fourth-order valence-electron chi connectivity index (χ4n) is 1.49. The lowest BCUT2D eigenvalue weighted by Crippen LogP contribution is -2.30. The molecule has 0 aliphatic rings. The molecule has 0 aliphatic carbocycles. The van der Waals surface area contributed by atoms with E-state index in [2.05, 4.69) is 31.0 Å². The number of pyridine rings is 1. The molecule has 0 aliphatic heterocycles. The fraction of sp³-hybridized carbons (Fsp3) is 0.545. The minimum atomic E-state index is -3.60. The molecule has 0 saturated heterocycles. The van der Waals surface area contributed by atoms with Crippen molar-refractivity contribution in [2.45, 2.75) is 11.8 Å². The summed E-state index contributed by atoms with van der Waals surface area (Å²) in [5.41, 5.74) is 0. The Morgan fingerprint density at radius 3 is 2.79 bits per heavy atom. The topological polar surface area (TPSA) is 80.3 Å². The molecule has 108 valence electrons. The lowest BCUT2D eigenvalue weighted by atomic mass is 10.2. The summed E-state index contributed by atoms with van der Waals surface area (Å²) >= 11 is 3.22. The summed E-state index contributed by atoms with van der Waals surface area (Å²) in [6.07, 6.45) is 1.54. The summed E-state index contributed by atoms with van der Waals surface area (Å²) in [5.74, 6) is 0.410. The highest BCUT2D eigenvalue weighted by molar-refractivity contribution is 9.10. The largest absolute Gasteiger partial charge is 0.384 e. The van der Waals surface area contributed by atoms with Crippen molar-refractivity contribution in [3.63, 3.8) is 0 Å². The number of ether oxygens (including phenoxy) is 1. The summed E-state index contributed by atoms with van der Waals surface area (Å²) in [5, 5.41) is 2.77. The number of methoxy groups -OCH3 is 1. The van der Waals surface area contributed by atoms with Crippen LogP contribution in [0.3, 0.4) is 0 Å². The van der Waals surface area contributed by atoms with Crippen LogP contribution in [-0.2, 0) is 14.8 Å². The lowest BCUT2D eigenvalue weighted by molar-refractivity contribution is 0.161. The van der Waals surface area contributed by atoms with Gasteiger partial charge in [-0.2, -0.15) is 0 Å². The highest BCUT2D eigenvalue weighted by atomic mass is 79.9. The molecule has 1 heterocycles. The number of halogens is 1. The highest BCUT2D eigenvalue weighted by Gasteiger charge is 2.20. The maximum absolute atomic E-state index is 12.2. The van der Waals surface area contributed by atoms with Crippen molar-refractivity contribution in [2.24, 2.45) is 5.92 Å². The van der Waals surface area contributed by atoms with Crippen LogP contribution in [0.15, 0.2) is 21.6 Å². The molecule has 1 unspecified atom stereocenters. The molecule has 0 amide bonds. The number of anilines is 1. The summed E-state index contributed by atoms with van der Waals surface area (Å²) in [4.78, 5) is 4.14. The van der Waals surface area contributed by atoms with Crippen molar-refractivity contribution in [3.05, 3.63) is 16.7 Å². The molecule has 1 aromatic rings. The van der Waals surface area contributed by atoms with Crippen LogP contribution < -0.4 is 10.0 Å². The molecule has 6 nitrogen and oxygen atoms in total. The van der Waals surface area contributed by atoms with Gasteiger partial charge in [-0.3, -0.25) is 0 Å². The van der Waals surface area contributed by atoms with Gasteiger partial charge in [-0.25, -0.2) is 18.1 Å². The lowest BCUT2D eigenvalue weighted by Gasteiger charge is -2.14. The maximum atomic E-state index is 12.2. The summed E-state index contributed by atoms with van der Waals surface area (Å²) in [6, 6.07) is 1.52. The Kier molecular flexibility index (Phi) is 6.18. The van der Waals surface area contributed by atoms with Gasteiger partial charge in [0.2, 0.25) is 10.0 Å². The Morgan fingerprint density at radius 1 is 1.53 bits per heavy atom. The van der Waals surface area contributed by atoms with Gasteiger partial charge in [-0.05, 0) is 27.9 Å². The van der Waals surface area contributed by atoms with Crippen molar-refractivity contribution in [3.8, 4) is 0 Å². The van der Waals surface area contributed by atoms with Crippen LogP contribution in [0.2, 0.25) is 0 Å². The number of rotatable bonds is 7. The van der Waals surface area contributed by atoms with E-state index in [9.17, 15) is 8.42 Å². The summed E-state index contributed by atoms with van der Waals surface area (Å²) < 4.78 is 32.6. The molecule has 0 spiro atoms. The van der Waals surface area contributed by atoms with E-state index in [1.165, 1.54) is 6.07 Å². The van der Waals surface area contributed by atoms with Crippen molar-refractivity contribution in [1.82, 2.24) is 9.71 Å². The standard InChI is InChI=1S/C11H18BrN3O3S/c1-8(7-18-3)5-15-19(16,17)10-4-9(12)6-14-11(10)13-2/h4,6,8,15H,5,7H2,1-3H3,(H,13,14). The Hall–Kier alpha value is -0.700. The van der Waals surface area contributed by atoms with E-state index < -0.39 is 10.0 Å². The fourth-order valence-corrected chi connectivity index (χ4v) is 3.32. The molecule has 8 heteroatoms. The van der Waals surface area contributed by atoms with Crippen LogP contribution in [0.1, 0.15) is 6.92 Å². The van der Waals surface area contributed by atoms with Gasteiger partial charge in [0.1, 0.15) is 10.7 Å². The van der Waals surface area contributed by atoms with Gasteiger partial charge < -0.3 is 10.1 Å². The number of hydrogen-bond acceptors (Lipinski definition) is 5. The molecule has 19 heavy (non-hydrogen) atoms. The zero-order chi connectivity index (χ0) is 14.5. The van der Waals surface area contributed by atoms with E-state index in [1.807, 2.05) is 6.92 Å². The third-order valence-electron chi connectivity index (χ3n) is 2.42. The first-order valence-electron chi connectivity index (χ1n) is 5.72. The molecule has 0 saturated carbocycles. The van der Waals surface area contributed by atoms with Crippen molar-refractivity contribution < 1.29 is 13.2 Å². The summed E-state index contributed by atoms with van der Waals surface area (Å²) in [7, 11) is -0.386. The molecule has 1 atom stereocenters. The minimum absolute atomic E-state index is 0.0953. The third kappa shape index (κ3) is 4.72. The first kappa shape index (κ1) is 16.4. The number of aromatic nitrogens is 1. The van der Waals surface area contributed by atoms with Crippen LogP contribution in [-0.4, -0.2) is 40.7 Å². The molecule has 2 N–H and O–H groups in total. The van der Waals surface area contributed by atoms with Crippen LogP contribution in [0, 0.1) is 5.92 Å². The van der Waals surface area contributed by atoms with Gasteiger partial charge in [-0.15, -0.1) is 0 Å². The second kappa shape index (κ2) is 7.18. The first-order valence-corrected chi connectivity index (χ1v) is 8.00. The predicted molar refractivity (Wildman–Crippen MR) is 77.7 cm³/mol. The molecule has 0 fully saturated rings. The molecule has 0 radical (unpaired) electrons. The average Bonchev–Trinajstić information content (AvgIpc) is 2.37.